The Balaban J connectivity index is 0.00000139. The molecule has 2 heteroatoms. The minimum absolute atomic E-state index is 0.960. The molecule has 0 spiro atoms. The second kappa shape index (κ2) is 11.8. The molecule has 0 atom stereocenters. The van der Waals surface area contributed by atoms with Gasteiger partial charge in [-0.1, -0.05) is 88.2 Å². The molecule has 0 saturated heterocycles. The van der Waals surface area contributed by atoms with Gasteiger partial charge in [0.05, 0.1) is 0 Å². The molecule has 0 N–H and O–H groups in total. The maximum atomic E-state index is 2.43. The lowest BCUT2D eigenvalue weighted by Crippen LogP contribution is -2.37. The van der Waals surface area contributed by atoms with Crippen molar-refractivity contribution in [2.45, 2.75) is 46.6 Å². The fourth-order valence-corrected chi connectivity index (χ4v) is 2.72. The smallest absolute Gasteiger partial charge is 0.0390 e. The minimum Gasteiger partial charge on any atom is -0.248 e. The largest absolute Gasteiger partial charge is 0.248 e. The summed E-state index contributed by atoms with van der Waals surface area (Å²) in [5.74, 6) is 0. The summed E-state index contributed by atoms with van der Waals surface area (Å²) in [6.07, 6.45) is 3.81. The number of benzene rings is 2. The van der Waals surface area contributed by atoms with Crippen LogP contribution in [0, 0.1) is 0 Å². The molecule has 0 heterocycles. The molecule has 2 aromatic rings. The number of nitrogens with zero attached hydrogens (tertiary/aromatic N) is 2. The normalized spacial score (nSPS) is 10.6. The Morgan fingerprint density at radius 3 is 2.04 bits per heavy atom. The molecule has 0 aliphatic carbocycles. The average molecular weight is 327 g/mol. The van der Waals surface area contributed by atoms with Gasteiger partial charge in [0.1, 0.15) is 0 Å². The molecule has 0 amide bonds. The van der Waals surface area contributed by atoms with E-state index >= 15 is 0 Å². The summed E-state index contributed by atoms with van der Waals surface area (Å²) in [6, 6.07) is 19.4. The summed E-state index contributed by atoms with van der Waals surface area (Å²) in [7, 11) is 4.27. The summed E-state index contributed by atoms with van der Waals surface area (Å²) in [5, 5.41) is 4.65. The molecule has 0 aromatic heterocycles. The highest BCUT2D eigenvalue weighted by molar-refractivity contribution is 5.67. The van der Waals surface area contributed by atoms with Crippen LogP contribution in [-0.4, -0.2) is 30.7 Å². The van der Waals surface area contributed by atoms with E-state index in [1.165, 1.54) is 36.0 Å². The monoisotopic (exact) mass is 326 g/mol. The Morgan fingerprint density at radius 1 is 0.792 bits per heavy atom. The first-order valence-electron chi connectivity index (χ1n) is 9.28. The van der Waals surface area contributed by atoms with Crippen LogP contribution in [-0.2, 0) is 6.54 Å². The molecule has 0 fully saturated rings. The van der Waals surface area contributed by atoms with E-state index in [1.807, 2.05) is 13.8 Å². The Labute approximate surface area is 149 Å². The summed E-state index contributed by atoms with van der Waals surface area (Å²) in [6.45, 7) is 8.33. The lowest BCUT2D eigenvalue weighted by Gasteiger charge is -2.29. The number of unbranched alkanes of at least 4 members (excludes halogenated alkanes) is 2. The van der Waals surface area contributed by atoms with Crippen molar-refractivity contribution in [1.29, 1.82) is 0 Å². The molecular formula is C22H34N2. The molecule has 0 bridgehead atoms. The Kier molecular flexibility index (Phi) is 10.1. The molecule has 132 valence electrons. The molecule has 0 aliphatic heterocycles. The fraction of sp³-hybridized carbons (Fsp3) is 0.455. The van der Waals surface area contributed by atoms with E-state index in [1.54, 1.807) is 0 Å². The summed E-state index contributed by atoms with van der Waals surface area (Å²) < 4.78 is 0. The van der Waals surface area contributed by atoms with E-state index in [0.717, 1.165) is 13.1 Å². The highest BCUT2D eigenvalue weighted by atomic mass is 15.6. The zero-order valence-electron chi connectivity index (χ0n) is 16.1. The zero-order valence-corrected chi connectivity index (χ0v) is 16.1. The van der Waals surface area contributed by atoms with Crippen LogP contribution in [0.3, 0.4) is 0 Å². The minimum atomic E-state index is 0.960. The summed E-state index contributed by atoms with van der Waals surface area (Å²) in [4.78, 5) is 0. The van der Waals surface area contributed by atoms with Crippen molar-refractivity contribution in [3.05, 3.63) is 60.2 Å². The van der Waals surface area contributed by atoms with Crippen LogP contribution < -0.4 is 0 Å². The van der Waals surface area contributed by atoms with Crippen molar-refractivity contribution < 1.29 is 0 Å². The maximum absolute atomic E-state index is 2.43. The van der Waals surface area contributed by atoms with Crippen molar-refractivity contribution in [3.8, 4) is 11.1 Å². The number of hydrazine groups is 1. The van der Waals surface area contributed by atoms with Gasteiger partial charge in [0.15, 0.2) is 0 Å². The second-order valence-corrected chi connectivity index (χ2v) is 5.97. The highest BCUT2D eigenvalue weighted by Gasteiger charge is 2.11. The van der Waals surface area contributed by atoms with Crippen LogP contribution in [0.5, 0.6) is 0 Å². The Morgan fingerprint density at radius 2 is 1.42 bits per heavy atom. The first-order chi connectivity index (χ1) is 11.7. The van der Waals surface area contributed by atoms with Gasteiger partial charge in [-0.05, 0) is 23.1 Å². The van der Waals surface area contributed by atoms with Crippen LogP contribution in [0.1, 0.15) is 45.6 Å². The van der Waals surface area contributed by atoms with Crippen molar-refractivity contribution >= 4 is 0 Å². The van der Waals surface area contributed by atoms with Gasteiger partial charge in [-0.15, -0.1) is 0 Å². The van der Waals surface area contributed by atoms with Gasteiger partial charge in [0, 0.05) is 27.2 Å². The third kappa shape index (κ3) is 6.46. The zero-order chi connectivity index (χ0) is 17.8. The van der Waals surface area contributed by atoms with Crippen molar-refractivity contribution in [2.75, 3.05) is 20.6 Å². The van der Waals surface area contributed by atoms with Gasteiger partial charge in [-0.2, -0.15) is 0 Å². The van der Waals surface area contributed by atoms with Gasteiger partial charge in [-0.3, -0.25) is 0 Å². The van der Waals surface area contributed by atoms with Gasteiger partial charge in [0.25, 0.3) is 0 Å². The quantitative estimate of drug-likeness (QED) is 0.443. The Hall–Kier alpha value is -1.64. The molecule has 0 aliphatic rings. The second-order valence-electron chi connectivity index (χ2n) is 5.97. The van der Waals surface area contributed by atoms with Crippen molar-refractivity contribution in [2.24, 2.45) is 0 Å². The van der Waals surface area contributed by atoms with E-state index < -0.39 is 0 Å². The van der Waals surface area contributed by atoms with Gasteiger partial charge in [0.2, 0.25) is 0 Å². The van der Waals surface area contributed by atoms with Crippen LogP contribution in [0.25, 0.3) is 11.1 Å². The predicted octanol–water partition coefficient (Wildman–Crippen LogP) is 5.85. The van der Waals surface area contributed by atoms with E-state index in [-0.39, 0.29) is 0 Å². The van der Waals surface area contributed by atoms with Gasteiger partial charge in [-0.25, -0.2) is 10.0 Å². The topological polar surface area (TPSA) is 6.48 Å². The van der Waals surface area contributed by atoms with E-state index in [9.17, 15) is 0 Å². The fourth-order valence-electron chi connectivity index (χ4n) is 2.72. The summed E-state index contributed by atoms with van der Waals surface area (Å²) in [5.41, 5.74) is 4.02. The first-order valence-corrected chi connectivity index (χ1v) is 9.28. The predicted molar refractivity (Wildman–Crippen MR) is 107 cm³/mol. The first kappa shape index (κ1) is 20.4. The molecule has 24 heavy (non-hydrogen) atoms. The van der Waals surface area contributed by atoms with Crippen LogP contribution in [0.4, 0.5) is 0 Å². The molecule has 0 saturated carbocycles. The molecule has 0 unspecified atom stereocenters. The van der Waals surface area contributed by atoms with Gasteiger partial charge >= 0.3 is 0 Å². The summed E-state index contributed by atoms with van der Waals surface area (Å²) >= 11 is 0. The third-order valence-corrected chi connectivity index (χ3v) is 4.04. The third-order valence-electron chi connectivity index (χ3n) is 4.04. The number of rotatable bonds is 8. The average Bonchev–Trinajstić information content (AvgIpc) is 2.64. The molecular weight excluding hydrogens is 292 g/mol. The molecule has 2 aromatic carbocycles. The molecule has 0 radical (unpaired) electrons. The highest BCUT2D eigenvalue weighted by Crippen LogP contribution is 2.24. The number of hydrogen-bond acceptors (Lipinski definition) is 2. The van der Waals surface area contributed by atoms with E-state index in [2.05, 4.69) is 85.6 Å². The van der Waals surface area contributed by atoms with Crippen LogP contribution in [0.2, 0.25) is 0 Å². The van der Waals surface area contributed by atoms with Crippen molar-refractivity contribution in [1.82, 2.24) is 10.0 Å². The van der Waals surface area contributed by atoms with E-state index in [4.69, 9.17) is 0 Å². The SMILES string of the molecule is CC.CCCCCN(Cc1ccccc1-c1ccccc1)N(C)C. The van der Waals surface area contributed by atoms with E-state index in [0.29, 0.717) is 0 Å². The van der Waals surface area contributed by atoms with Gasteiger partial charge < -0.3 is 0 Å². The van der Waals surface area contributed by atoms with Crippen LogP contribution in [0.15, 0.2) is 54.6 Å². The lowest BCUT2D eigenvalue weighted by atomic mass is 9.99. The maximum Gasteiger partial charge on any atom is 0.0390 e. The Bertz CT molecular complexity index is 549. The standard InChI is InChI=1S/C20H28N2.C2H6/c1-4-5-11-16-22(21(2)3)17-19-14-9-10-15-20(19)18-12-7-6-8-13-18;1-2/h6-10,12-15H,4-5,11,16-17H2,1-3H3;1-2H3. The number of hydrogen-bond donors (Lipinski definition) is 0. The molecule has 2 nitrogen and oxygen atoms in total. The lowest BCUT2D eigenvalue weighted by molar-refractivity contribution is 0.0148. The van der Waals surface area contributed by atoms with Crippen molar-refractivity contribution in [3.63, 3.8) is 0 Å². The molecule has 2 rings (SSSR count). The van der Waals surface area contributed by atoms with Crippen LogP contribution >= 0.6 is 0 Å².